The van der Waals surface area contributed by atoms with E-state index < -0.39 is 36.5 Å². The Morgan fingerprint density at radius 1 is 1.23 bits per heavy atom. The lowest BCUT2D eigenvalue weighted by Gasteiger charge is -2.42. The third-order valence-corrected chi connectivity index (χ3v) is 4.31. The predicted molar refractivity (Wildman–Crippen MR) is 82.4 cm³/mol. The first-order valence-electron chi connectivity index (χ1n) is 7.95. The highest BCUT2D eigenvalue weighted by molar-refractivity contribution is 6.32. The molecular formula is C17H19F4NO4. The van der Waals surface area contributed by atoms with Crippen LogP contribution in [0.1, 0.15) is 24.9 Å². The quantitative estimate of drug-likeness (QED) is 0.462. The van der Waals surface area contributed by atoms with E-state index in [1.807, 2.05) is 0 Å². The van der Waals surface area contributed by atoms with E-state index in [0.717, 1.165) is 4.90 Å². The maximum Gasteiger partial charge on any atom is 0.422 e. The van der Waals surface area contributed by atoms with E-state index in [2.05, 4.69) is 4.74 Å². The van der Waals surface area contributed by atoms with Gasteiger partial charge in [-0.3, -0.25) is 4.79 Å². The normalized spacial score (nSPS) is 23.6. The van der Waals surface area contributed by atoms with Crippen LogP contribution in [0.2, 0.25) is 0 Å². The van der Waals surface area contributed by atoms with Crippen molar-refractivity contribution in [3.63, 3.8) is 0 Å². The van der Waals surface area contributed by atoms with Gasteiger partial charge in [-0.15, -0.1) is 0 Å². The van der Waals surface area contributed by atoms with Gasteiger partial charge in [0.25, 0.3) is 0 Å². The number of nitrogens with zero attached hydrogens (tertiary/aromatic N) is 1. The minimum Gasteiger partial charge on any atom is -0.449 e. The summed E-state index contributed by atoms with van der Waals surface area (Å²) in [6.45, 7) is 0.0692. The largest absolute Gasteiger partial charge is 0.449 e. The number of carbonyl (C=O) groups excluding carboxylic acids is 2. The molecule has 0 bridgehead atoms. The molecule has 1 aliphatic rings. The van der Waals surface area contributed by atoms with E-state index in [1.165, 1.54) is 31.4 Å². The Labute approximate surface area is 147 Å². The third-order valence-electron chi connectivity index (χ3n) is 4.31. The van der Waals surface area contributed by atoms with Crippen molar-refractivity contribution in [2.24, 2.45) is 5.92 Å². The summed E-state index contributed by atoms with van der Waals surface area (Å²) in [7, 11) is 1.51. The molecule has 3 atom stereocenters. The summed E-state index contributed by atoms with van der Waals surface area (Å²) in [5, 5.41) is 0. The molecule has 0 spiro atoms. The molecule has 26 heavy (non-hydrogen) atoms. The summed E-state index contributed by atoms with van der Waals surface area (Å²) < 4.78 is 59.2. The first kappa shape index (κ1) is 20.2. The van der Waals surface area contributed by atoms with Gasteiger partial charge in [0.1, 0.15) is 5.82 Å². The van der Waals surface area contributed by atoms with Gasteiger partial charge in [-0.05, 0) is 24.1 Å². The molecule has 1 aliphatic heterocycles. The zero-order chi connectivity index (χ0) is 19.5. The highest BCUT2D eigenvalue weighted by Crippen LogP contribution is 2.35. The molecule has 1 aromatic carbocycles. The molecule has 1 fully saturated rings. The van der Waals surface area contributed by atoms with Crippen molar-refractivity contribution in [3.05, 3.63) is 35.6 Å². The fourth-order valence-corrected chi connectivity index (χ4v) is 3.01. The molecule has 0 N–H and O–H groups in total. The molecule has 0 saturated carbocycles. The fourth-order valence-electron chi connectivity index (χ4n) is 3.01. The minimum atomic E-state index is -4.72. The Balaban J connectivity index is 2.22. The molecule has 0 aliphatic carbocycles. The van der Waals surface area contributed by atoms with Gasteiger partial charge in [0.05, 0.1) is 12.1 Å². The Morgan fingerprint density at radius 2 is 1.85 bits per heavy atom. The van der Waals surface area contributed by atoms with Crippen LogP contribution in [-0.4, -0.2) is 49.3 Å². The lowest BCUT2D eigenvalue weighted by atomic mass is 9.87. The van der Waals surface area contributed by atoms with E-state index in [0.29, 0.717) is 12.0 Å². The number of carbonyl (C=O) groups is 2. The maximum atomic E-state index is 13.2. The number of alkyl halides is 3. The topological polar surface area (TPSA) is 55.8 Å². The Bertz CT molecular complexity index is 647. The van der Waals surface area contributed by atoms with Gasteiger partial charge in [-0.2, -0.15) is 13.2 Å². The van der Waals surface area contributed by atoms with E-state index in [4.69, 9.17) is 4.74 Å². The standard InChI is InChI=1S/C17H19F4NO4/c1-10-8-22(15(23)16(24)26-9-17(19,20)21)13(7-14(10)25-2)11-3-5-12(18)6-4-11/h3-6,10,13-14H,7-9H2,1-2H3/t10-,13-,14?/m0/s1. The second-order valence-corrected chi connectivity index (χ2v) is 6.20. The molecule has 1 heterocycles. The van der Waals surface area contributed by atoms with Crippen molar-refractivity contribution in [2.75, 3.05) is 20.3 Å². The SMILES string of the molecule is COC1C[C@@H](c2ccc(F)cc2)N(C(=O)C(=O)OCC(F)(F)F)C[C@@H]1C. The molecule has 1 saturated heterocycles. The number of benzene rings is 1. The Morgan fingerprint density at radius 3 is 2.38 bits per heavy atom. The zero-order valence-corrected chi connectivity index (χ0v) is 14.3. The van der Waals surface area contributed by atoms with Gasteiger partial charge in [0.2, 0.25) is 0 Å². The van der Waals surface area contributed by atoms with Crippen molar-refractivity contribution >= 4 is 11.9 Å². The van der Waals surface area contributed by atoms with Crippen molar-refractivity contribution in [1.29, 1.82) is 0 Å². The van der Waals surface area contributed by atoms with Gasteiger partial charge in [0, 0.05) is 19.6 Å². The average Bonchev–Trinajstić information content (AvgIpc) is 2.59. The number of piperidine rings is 1. The predicted octanol–water partition coefficient (Wildman–Crippen LogP) is 2.86. The molecule has 144 valence electrons. The first-order chi connectivity index (χ1) is 12.1. The van der Waals surface area contributed by atoms with Crippen LogP contribution >= 0.6 is 0 Å². The Hall–Kier alpha value is -2.16. The molecule has 0 aromatic heterocycles. The van der Waals surface area contributed by atoms with Crippen LogP contribution in [0.15, 0.2) is 24.3 Å². The smallest absolute Gasteiger partial charge is 0.422 e. The number of hydrogen-bond donors (Lipinski definition) is 0. The van der Waals surface area contributed by atoms with Gasteiger partial charge < -0.3 is 14.4 Å². The number of likely N-dealkylation sites (tertiary alicyclic amines) is 1. The van der Waals surface area contributed by atoms with Crippen LogP contribution in [0, 0.1) is 11.7 Å². The number of methoxy groups -OCH3 is 1. The van der Waals surface area contributed by atoms with Crippen LogP contribution < -0.4 is 0 Å². The van der Waals surface area contributed by atoms with E-state index >= 15 is 0 Å². The van der Waals surface area contributed by atoms with E-state index in [9.17, 15) is 27.2 Å². The second-order valence-electron chi connectivity index (χ2n) is 6.20. The number of rotatable bonds is 3. The van der Waals surface area contributed by atoms with Gasteiger partial charge in [-0.25, -0.2) is 9.18 Å². The van der Waals surface area contributed by atoms with Gasteiger partial charge in [0.15, 0.2) is 6.61 Å². The minimum absolute atomic E-state index is 0.0977. The van der Waals surface area contributed by atoms with Crippen molar-refractivity contribution in [1.82, 2.24) is 4.90 Å². The second kappa shape index (κ2) is 8.03. The van der Waals surface area contributed by atoms with Crippen molar-refractivity contribution < 1.29 is 36.6 Å². The highest BCUT2D eigenvalue weighted by atomic mass is 19.4. The van der Waals surface area contributed by atoms with Crippen LogP contribution in [0.25, 0.3) is 0 Å². The van der Waals surface area contributed by atoms with Crippen LogP contribution in [0.3, 0.4) is 0 Å². The molecular weight excluding hydrogens is 358 g/mol. The molecule has 1 aromatic rings. The zero-order valence-electron chi connectivity index (χ0n) is 14.3. The molecule has 9 heteroatoms. The molecule has 2 rings (SSSR count). The van der Waals surface area contributed by atoms with Gasteiger partial charge >= 0.3 is 18.1 Å². The summed E-state index contributed by atoms with van der Waals surface area (Å²) in [5.74, 6) is -3.35. The maximum absolute atomic E-state index is 13.2. The summed E-state index contributed by atoms with van der Waals surface area (Å²) >= 11 is 0. The fraction of sp³-hybridized carbons (Fsp3) is 0.529. The Kier molecular flexibility index (Phi) is 6.22. The molecule has 0 radical (unpaired) electrons. The third kappa shape index (κ3) is 4.94. The number of hydrogen-bond acceptors (Lipinski definition) is 4. The highest BCUT2D eigenvalue weighted by Gasteiger charge is 2.40. The van der Waals surface area contributed by atoms with Crippen LogP contribution in [0.5, 0.6) is 0 Å². The molecule has 1 unspecified atom stereocenters. The van der Waals surface area contributed by atoms with Crippen molar-refractivity contribution in [2.45, 2.75) is 31.7 Å². The summed E-state index contributed by atoms with van der Waals surface area (Å²) in [4.78, 5) is 25.3. The van der Waals surface area contributed by atoms with Gasteiger partial charge in [-0.1, -0.05) is 19.1 Å². The summed E-state index contributed by atoms with van der Waals surface area (Å²) in [6, 6.07) is 4.70. The van der Waals surface area contributed by atoms with E-state index in [1.54, 1.807) is 6.92 Å². The van der Waals surface area contributed by atoms with Crippen LogP contribution in [-0.2, 0) is 19.1 Å². The average molecular weight is 377 g/mol. The first-order valence-corrected chi connectivity index (χ1v) is 7.95. The number of esters is 1. The number of ether oxygens (including phenoxy) is 2. The monoisotopic (exact) mass is 377 g/mol. The number of halogens is 4. The molecule has 1 amide bonds. The summed E-state index contributed by atoms with van der Waals surface area (Å²) in [6.07, 6.45) is -4.62. The van der Waals surface area contributed by atoms with Crippen molar-refractivity contribution in [3.8, 4) is 0 Å². The van der Waals surface area contributed by atoms with E-state index in [-0.39, 0.29) is 18.6 Å². The van der Waals surface area contributed by atoms with Crippen LogP contribution in [0.4, 0.5) is 17.6 Å². The lowest BCUT2D eigenvalue weighted by molar-refractivity contribution is -0.190. The summed E-state index contributed by atoms with van der Waals surface area (Å²) in [5.41, 5.74) is 0.553. The number of amides is 1. The lowest BCUT2D eigenvalue weighted by Crippen LogP contribution is -2.50. The molecule has 5 nitrogen and oxygen atoms in total.